The number of likely N-dealkylation sites (N-methyl/N-ethyl adjacent to an activating group) is 1. The minimum absolute atomic E-state index is 0.0830. The third kappa shape index (κ3) is 7.88. The zero-order valence-electron chi connectivity index (χ0n) is 21.0. The third-order valence-electron chi connectivity index (χ3n) is 5.63. The third-order valence-corrected chi connectivity index (χ3v) is 6.83. The van der Waals surface area contributed by atoms with Crippen LogP contribution in [-0.4, -0.2) is 65.2 Å². The lowest BCUT2D eigenvalue weighted by Gasteiger charge is -2.31. The molecule has 0 aliphatic carbocycles. The van der Waals surface area contributed by atoms with Gasteiger partial charge in [0.05, 0.1) is 26.2 Å². The van der Waals surface area contributed by atoms with Crippen LogP contribution in [0, 0.1) is 0 Å². The van der Waals surface area contributed by atoms with Crippen LogP contribution in [0.2, 0.25) is 0 Å². The quantitative estimate of drug-likeness (QED) is 0.449. The van der Waals surface area contributed by atoms with E-state index in [9.17, 15) is 18.0 Å². The fraction of sp³-hybridized carbons (Fsp3) is 0.440. The summed E-state index contributed by atoms with van der Waals surface area (Å²) in [7, 11) is 1.08. The van der Waals surface area contributed by atoms with E-state index in [0.29, 0.717) is 23.6 Å². The van der Waals surface area contributed by atoms with Crippen LogP contribution in [-0.2, 0) is 26.2 Å². The molecule has 0 bridgehead atoms. The van der Waals surface area contributed by atoms with Crippen molar-refractivity contribution < 1.29 is 27.5 Å². The second kappa shape index (κ2) is 13.0. The molecule has 192 valence electrons. The fourth-order valence-electron chi connectivity index (χ4n) is 3.81. The summed E-state index contributed by atoms with van der Waals surface area (Å²) >= 11 is 0. The maximum Gasteiger partial charge on any atom is 0.242 e. The van der Waals surface area contributed by atoms with Gasteiger partial charge in [-0.2, -0.15) is 0 Å². The number of nitrogens with one attached hydrogen (secondary N) is 1. The van der Waals surface area contributed by atoms with Crippen molar-refractivity contribution in [2.75, 3.05) is 38.4 Å². The standard InChI is InChI=1S/C25H35N3O6S/c1-6-23(25(30)26-2)27(18-19-9-7-10-22(17-19)34-4)24(29)11-8-16-28(35(5,31)32)20-12-14-21(33-3)15-13-20/h7,9-10,12-15,17,23H,6,8,11,16,18H2,1-5H3,(H,26,30)/t23-/m0/s1. The summed E-state index contributed by atoms with van der Waals surface area (Å²) in [5, 5.41) is 2.63. The average Bonchev–Trinajstić information content (AvgIpc) is 2.85. The number of hydrogen-bond acceptors (Lipinski definition) is 6. The summed E-state index contributed by atoms with van der Waals surface area (Å²) in [5.74, 6) is 0.794. The van der Waals surface area contributed by atoms with Gasteiger partial charge in [-0.15, -0.1) is 0 Å². The molecule has 0 aromatic heterocycles. The van der Waals surface area contributed by atoms with Gasteiger partial charge in [0.2, 0.25) is 21.8 Å². The van der Waals surface area contributed by atoms with Crippen molar-refractivity contribution in [1.82, 2.24) is 10.2 Å². The minimum Gasteiger partial charge on any atom is -0.497 e. The summed E-state index contributed by atoms with van der Waals surface area (Å²) in [6.07, 6.45) is 1.94. The van der Waals surface area contributed by atoms with Gasteiger partial charge < -0.3 is 19.7 Å². The Kier molecular flexibility index (Phi) is 10.4. The Balaban J connectivity index is 2.19. The van der Waals surface area contributed by atoms with Gasteiger partial charge in [0.25, 0.3) is 0 Å². The first-order chi connectivity index (χ1) is 16.6. The molecule has 10 heteroatoms. The van der Waals surface area contributed by atoms with Gasteiger partial charge in [0.15, 0.2) is 0 Å². The van der Waals surface area contributed by atoms with Gasteiger partial charge in [-0.1, -0.05) is 19.1 Å². The van der Waals surface area contributed by atoms with E-state index in [4.69, 9.17) is 9.47 Å². The second-order valence-corrected chi connectivity index (χ2v) is 9.95. The van der Waals surface area contributed by atoms with Crippen molar-refractivity contribution in [2.24, 2.45) is 0 Å². The number of rotatable bonds is 13. The number of hydrogen-bond donors (Lipinski definition) is 1. The highest BCUT2D eigenvalue weighted by Gasteiger charge is 2.28. The second-order valence-electron chi connectivity index (χ2n) is 8.05. The number of nitrogens with zero attached hydrogens (tertiary/aromatic N) is 2. The summed E-state index contributed by atoms with van der Waals surface area (Å²) in [6.45, 7) is 2.21. The van der Waals surface area contributed by atoms with E-state index in [0.717, 1.165) is 11.8 Å². The molecular weight excluding hydrogens is 470 g/mol. The number of carbonyl (C=O) groups is 2. The molecule has 35 heavy (non-hydrogen) atoms. The van der Waals surface area contributed by atoms with Crippen LogP contribution >= 0.6 is 0 Å². The molecule has 2 amide bonds. The predicted molar refractivity (Wildman–Crippen MR) is 136 cm³/mol. The van der Waals surface area contributed by atoms with Crippen LogP contribution in [0.3, 0.4) is 0 Å². The molecule has 2 aromatic rings. The fourth-order valence-corrected chi connectivity index (χ4v) is 4.77. The Morgan fingerprint density at radius 2 is 1.69 bits per heavy atom. The molecule has 0 aliphatic rings. The van der Waals surface area contributed by atoms with Gasteiger partial charge >= 0.3 is 0 Å². The Hall–Kier alpha value is -3.27. The van der Waals surface area contributed by atoms with E-state index >= 15 is 0 Å². The summed E-state index contributed by atoms with van der Waals surface area (Å²) in [6, 6.07) is 13.4. The highest BCUT2D eigenvalue weighted by atomic mass is 32.2. The first-order valence-electron chi connectivity index (χ1n) is 11.4. The van der Waals surface area contributed by atoms with E-state index in [1.807, 2.05) is 31.2 Å². The Morgan fingerprint density at radius 3 is 2.23 bits per heavy atom. The lowest BCUT2D eigenvalue weighted by atomic mass is 10.1. The lowest BCUT2D eigenvalue weighted by molar-refractivity contribution is -0.141. The topological polar surface area (TPSA) is 105 Å². The zero-order chi connectivity index (χ0) is 26.0. The number of sulfonamides is 1. The molecule has 1 N–H and O–H groups in total. The summed E-state index contributed by atoms with van der Waals surface area (Å²) < 4.78 is 36.5. The summed E-state index contributed by atoms with van der Waals surface area (Å²) in [4.78, 5) is 27.4. The number of methoxy groups -OCH3 is 2. The molecule has 0 aliphatic heterocycles. The average molecular weight is 506 g/mol. The highest BCUT2D eigenvalue weighted by molar-refractivity contribution is 7.92. The molecular formula is C25H35N3O6S. The molecule has 0 unspecified atom stereocenters. The molecule has 2 aromatic carbocycles. The molecule has 1 atom stereocenters. The number of carbonyl (C=O) groups excluding carboxylic acids is 2. The van der Waals surface area contributed by atoms with E-state index in [1.54, 1.807) is 36.3 Å². The molecule has 0 spiro atoms. The van der Waals surface area contributed by atoms with Gasteiger partial charge in [-0.05, 0) is 54.8 Å². The first-order valence-corrected chi connectivity index (χ1v) is 13.2. The number of ether oxygens (including phenoxy) is 2. The number of benzene rings is 2. The minimum atomic E-state index is -3.56. The monoisotopic (exact) mass is 505 g/mol. The molecule has 0 saturated carbocycles. The molecule has 0 heterocycles. The maximum absolute atomic E-state index is 13.3. The van der Waals surface area contributed by atoms with Gasteiger partial charge in [-0.3, -0.25) is 13.9 Å². The van der Waals surface area contributed by atoms with Crippen LogP contribution < -0.4 is 19.1 Å². The Labute approximate surface area is 208 Å². The van der Waals surface area contributed by atoms with E-state index in [1.165, 1.54) is 18.5 Å². The van der Waals surface area contributed by atoms with E-state index in [-0.39, 0.29) is 37.7 Å². The van der Waals surface area contributed by atoms with Crippen LogP contribution in [0.15, 0.2) is 48.5 Å². The van der Waals surface area contributed by atoms with Crippen molar-refractivity contribution in [3.8, 4) is 11.5 Å². The normalized spacial score (nSPS) is 11.9. The molecule has 2 rings (SSSR count). The van der Waals surface area contributed by atoms with Crippen molar-refractivity contribution in [3.05, 3.63) is 54.1 Å². The van der Waals surface area contributed by atoms with Gasteiger partial charge in [0.1, 0.15) is 17.5 Å². The van der Waals surface area contributed by atoms with Gasteiger partial charge in [-0.25, -0.2) is 8.42 Å². The Morgan fingerprint density at radius 1 is 1.03 bits per heavy atom. The Bertz CT molecular complexity index is 1090. The lowest BCUT2D eigenvalue weighted by Crippen LogP contribution is -2.48. The van der Waals surface area contributed by atoms with Crippen LogP contribution in [0.4, 0.5) is 5.69 Å². The van der Waals surface area contributed by atoms with Crippen LogP contribution in [0.25, 0.3) is 0 Å². The van der Waals surface area contributed by atoms with Crippen molar-refractivity contribution in [1.29, 1.82) is 0 Å². The van der Waals surface area contributed by atoms with Crippen molar-refractivity contribution in [2.45, 2.75) is 38.8 Å². The predicted octanol–water partition coefficient (Wildman–Crippen LogP) is 2.80. The first kappa shape index (κ1) is 28.0. The zero-order valence-corrected chi connectivity index (χ0v) is 21.8. The highest BCUT2D eigenvalue weighted by Crippen LogP contribution is 2.23. The van der Waals surface area contributed by atoms with Crippen LogP contribution in [0.5, 0.6) is 11.5 Å². The smallest absolute Gasteiger partial charge is 0.242 e. The number of anilines is 1. The maximum atomic E-state index is 13.3. The van der Waals surface area contributed by atoms with Crippen LogP contribution in [0.1, 0.15) is 31.7 Å². The van der Waals surface area contributed by atoms with E-state index < -0.39 is 16.1 Å². The molecule has 9 nitrogen and oxygen atoms in total. The van der Waals surface area contributed by atoms with Gasteiger partial charge in [0, 0.05) is 26.6 Å². The molecule has 0 radical (unpaired) electrons. The van der Waals surface area contributed by atoms with Crippen molar-refractivity contribution in [3.63, 3.8) is 0 Å². The molecule has 0 saturated heterocycles. The van der Waals surface area contributed by atoms with Crippen molar-refractivity contribution >= 4 is 27.5 Å². The summed E-state index contributed by atoms with van der Waals surface area (Å²) in [5.41, 5.74) is 1.32. The SMILES string of the molecule is CC[C@@H](C(=O)NC)N(Cc1cccc(OC)c1)C(=O)CCCN(c1ccc(OC)cc1)S(C)(=O)=O. The largest absolute Gasteiger partial charge is 0.497 e. The van der Waals surface area contributed by atoms with E-state index in [2.05, 4.69) is 5.32 Å². The molecule has 0 fully saturated rings. The number of amides is 2.